The fourth-order valence-electron chi connectivity index (χ4n) is 4.13. The Morgan fingerprint density at radius 3 is 1.81 bits per heavy atom. The molecule has 0 bridgehead atoms. The molecule has 0 fully saturated rings. The number of aliphatic carboxylic acids is 2. The number of amides is 6. The van der Waals surface area contributed by atoms with Gasteiger partial charge in [-0.05, 0) is 30.5 Å². The third-order valence-electron chi connectivity index (χ3n) is 6.81. The predicted octanol–water partition coefficient (Wildman–Crippen LogP) is -6.03. The first-order valence-corrected chi connectivity index (χ1v) is 16.1. The van der Waals surface area contributed by atoms with Crippen molar-refractivity contribution >= 4 is 66.0 Å². The maximum absolute atomic E-state index is 12.9. The van der Waals surface area contributed by atoms with Gasteiger partial charge >= 0.3 is 11.9 Å². The zero-order valence-electron chi connectivity index (χ0n) is 27.7. The molecule has 1 aromatic rings. The number of nitrogens with two attached hydrogens (primary N) is 3. The van der Waals surface area contributed by atoms with Crippen LogP contribution in [0.2, 0.25) is 0 Å². The summed E-state index contributed by atoms with van der Waals surface area (Å²) in [6.07, 6.45) is -1.09. The van der Waals surface area contributed by atoms with Crippen LogP contribution in [-0.4, -0.2) is 136 Å². The van der Waals surface area contributed by atoms with Crippen LogP contribution in [0.5, 0.6) is 5.75 Å². The highest BCUT2D eigenvalue weighted by Crippen LogP contribution is 2.11. The van der Waals surface area contributed by atoms with Gasteiger partial charge in [0.05, 0.1) is 32.2 Å². The van der Waals surface area contributed by atoms with E-state index in [2.05, 4.69) is 49.5 Å². The van der Waals surface area contributed by atoms with Crippen molar-refractivity contribution in [1.82, 2.24) is 31.9 Å². The number of phenolic OH excluding ortho intramolecular Hbond substituents is 1. The number of hydrogen-bond acceptors (Lipinski definition) is 13. The van der Waals surface area contributed by atoms with Crippen molar-refractivity contribution in [3.05, 3.63) is 29.8 Å². The summed E-state index contributed by atoms with van der Waals surface area (Å²) in [5.74, 6) is -9.11. The van der Waals surface area contributed by atoms with Crippen LogP contribution in [0.25, 0.3) is 0 Å². The van der Waals surface area contributed by atoms with E-state index in [-0.39, 0.29) is 43.3 Å². The van der Waals surface area contributed by atoms with Gasteiger partial charge in [0.2, 0.25) is 35.4 Å². The maximum Gasteiger partial charge on any atom is 0.326 e. The Morgan fingerprint density at radius 1 is 0.750 bits per heavy atom. The van der Waals surface area contributed by atoms with E-state index in [0.29, 0.717) is 5.56 Å². The van der Waals surface area contributed by atoms with E-state index in [4.69, 9.17) is 17.2 Å². The summed E-state index contributed by atoms with van der Waals surface area (Å²) in [6, 6.07) is -1.96. The van der Waals surface area contributed by atoms with Crippen molar-refractivity contribution in [2.75, 3.05) is 32.0 Å². The van der Waals surface area contributed by atoms with Crippen molar-refractivity contribution in [1.29, 1.82) is 0 Å². The number of carbonyl (C=O) groups is 8. The Kier molecular flexibility index (Phi) is 19.5. The predicted molar refractivity (Wildman–Crippen MR) is 184 cm³/mol. The Hall–Kier alpha value is -5.68. The minimum absolute atomic E-state index is 0.00784. The third-order valence-corrected chi connectivity index (χ3v) is 7.21. The van der Waals surface area contributed by atoms with Gasteiger partial charge in [-0.1, -0.05) is 12.1 Å². The SMILES string of the molecule is NC(N)=NCCC[C@H](NC(=O)CNC(=O)[C@@H](N)CS)C(=O)NCC(=O)N[C@@H](CC(=O)O)C(=O)N[C@@H](CO)C(=O)N[C@@H](Cc1ccc(O)cc1)C(=O)O. The molecule has 288 valence electrons. The number of aliphatic hydroxyl groups is 1. The Bertz CT molecular complexity index is 1460. The number of nitrogens with zero attached hydrogens (tertiary/aromatic N) is 1. The lowest BCUT2D eigenvalue weighted by Crippen LogP contribution is -2.58. The number of aliphatic imine (C=N–C) groups is 1. The van der Waals surface area contributed by atoms with Gasteiger partial charge in [0.25, 0.3) is 0 Å². The number of carboxylic acid groups (broad SMARTS) is 2. The molecular formula is C29H44N10O12S. The highest BCUT2D eigenvalue weighted by molar-refractivity contribution is 7.80. The molecule has 0 saturated heterocycles. The molecule has 1 rings (SSSR count). The lowest BCUT2D eigenvalue weighted by molar-refractivity contribution is -0.143. The fourth-order valence-corrected chi connectivity index (χ4v) is 4.29. The van der Waals surface area contributed by atoms with E-state index >= 15 is 0 Å². The van der Waals surface area contributed by atoms with Gasteiger partial charge in [0.15, 0.2) is 5.96 Å². The number of carboxylic acids is 2. The minimum Gasteiger partial charge on any atom is -0.508 e. The highest BCUT2D eigenvalue weighted by atomic mass is 32.1. The quantitative estimate of drug-likeness (QED) is 0.0214. The topological polar surface area (TPSA) is 380 Å². The van der Waals surface area contributed by atoms with E-state index in [1.54, 1.807) is 0 Å². The number of carbonyl (C=O) groups excluding carboxylic acids is 6. The molecule has 0 aliphatic rings. The van der Waals surface area contributed by atoms with Crippen molar-refractivity contribution in [3.63, 3.8) is 0 Å². The van der Waals surface area contributed by atoms with Crippen LogP contribution in [0, 0.1) is 0 Å². The van der Waals surface area contributed by atoms with Crippen molar-refractivity contribution in [3.8, 4) is 5.75 Å². The molecular weight excluding hydrogens is 712 g/mol. The average molecular weight is 757 g/mol. The number of aliphatic hydroxyl groups excluding tert-OH is 1. The fraction of sp³-hybridized carbons (Fsp3) is 0.483. The van der Waals surface area contributed by atoms with Crippen LogP contribution in [0.3, 0.4) is 0 Å². The first-order chi connectivity index (χ1) is 24.5. The molecule has 6 amide bonds. The first-order valence-electron chi connectivity index (χ1n) is 15.5. The minimum atomic E-state index is -1.83. The molecule has 0 spiro atoms. The summed E-state index contributed by atoms with van der Waals surface area (Å²) in [5.41, 5.74) is 16.5. The number of phenols is 1. The standard InChI is InChI=1S/C29H44N10O12S/c30-16(13-52)24(46)34-10-21(42)36-17(2-1-7-33-29(31)32)25(47)35-11-22(43)37-18(9-23(44)45)26(48)39-20(12-40)27(49)38-19(28(50)51)8-14-3-5-15(41)6-4-14/h3-6,16-20,40-41,52H,1-2,7-13,30H2,(H,34,46)(H,35,47)(H,36,42)(H,37,43)(H,38,49)(H,39,48)(H,44,45)(H,50,51)(H4,31,32,33)/t16-,17-,18-,19-,20-/m0/s1. The number of hydrogen-bond donors (Lipinski definition) is 14. The van der Waals surface area contributed by atoms with Crippen molar-refractivity contribution in [2.24, 2.45) is 22.2 Å². The number of rotatable bonds is 23. The molecule has 23 heteroatoms. The molecule has 0 radical (unpaired) electrons. The smallest absolute Gasteiger partial charge is 0.326 e. The molecule has 0 aliphatic carbocycles. The number of nitrogens with one attached hydrogen (secondary N) is 6. The molecule has 22 nitrogen and oxygen atoms in total. The first kappa shape index (κ1) is 44.3. The van der Waals surface area contributed by atoms with Crippen LogP contribution < -0.4 is 49.1 Å². The summed E-state index contributed by atoms with van der Waals surface area (Å²) >= 11 is 3.89. The van der Waals surface area contributed by atoms with Crippen LogP contribution in [0.15, 0.2) is 29.3 Å². The summed E-state index contributed by atoms with van der Waals surface area (Å²) in [6.45, 7) is -2.34. The Morgan fingerprint density at radius 2 is 1.29 bits per heavy atom. The lowest BCUT2D eigenvalue weighted by Gasteiger charge is -2.23. The van der Waals surface area contributed by atoms with Crippen LogP contribution in [0.1, 0.15) is 24.8 Å². The monoisotopic (exact) mass is 756 g/mol. The molecule has 16 N–H and O–H groups in total. The van der Waals surface area contributed by atoms with Gasteiger partial charge in [-0.2, -0.15) is 12.6 Å². The zero-order chi connectivity index (χ0) is 39.4. The Balaban J connectivity index is 2.91. The van der Waals surface area contributed by atoms with Crippen molar-refractivity contribution < 1.29 is 58.8 Å². The second-order valence-corrected chi connectivity index (χ2v) is 11.4. The van der Waals surface area contributed by atoms with E-state index in [0.717, 1.165) is 0 Å². The van der Waals surface area contributed by atoms with E-state index in [1.807, 2.05) is 0 Å². The molecule has 0 unspecified atom stereocenters. The van der Waals surface area contributed by atoms with Gasteiger partial charge < -0.3 is 69.5 Å². The van der Waals surface area contributed by atoms with E-state index in [9.17, 15) is 58.8 Å². The summed E-state index contributed by atoms with van der Waals surface area (Å²) in [5, 5.41) is 51.2. The number of benzene rings is 1. The molecule has 0 aliphatic heterocycles. The summed E-state index contributed by atoms with van der Waals surface area (Å²) in [7, 11) is 0. The van der Waals surface area contributed by atoms with Gasteiger partial charge in [0, 0.05) is 18.7 Å². The normalized spacial score (nSPS) is 13.4. The average Bonchev–Trinajstić information content (AvgIpc) is 3.08. The molecule has 0 heterocycles. The molecule has 0 saturated carbocycles. The number of guanidine groups is 1. The lowest BCUT2D eigenvalue weighted by atomic mass is 10.1. The highest BCUT2D eigenvalue weighted by Gasteiger charge is 2.31. The molecule has 0 aromatic heterocycles. The molecule has 1 aromatic carbocycles. The molecule has 52 heavy (non-hydrogen) atoms. The zero-order valence-corrected chi connectivity index (χ0v) is 28.6. The van der Waals surface area contributed by atoms with Crippen LogP contribution in [-0.2, 0) is 44.8 Å². The number of thiol groups is 1. The van der Waals surface area contributed by atoms with E-state index < -0.39 is 104 Å². The van der Waals surface area contributed by atoms with Crippen molar-refractivity contribution in [2.45, 2.75) is 55.9 Å². The Labute approximate surface area is 302 Å². The summed E-state index contributed by atoms with van der Waals surface area (Å²) in [4.78, 5) is 103. The largest absolute Gasteiger partial charge is 0.508 e. The van der Waals surface area contributed by atoms with Crippen LogP contribution in [0.4, 0.5) is 0 Å². The second kappa shape index (κ2) is 22.9. The third kappa shape index (κ3) is 17.3. The van der Waals surface area contributed by atoms with Crippen LogP contribution >= 0.6 is 12.6 Å². The van der Waals surface area contributed by atoms with Gasteiger partial charge in [-0.25, -0.2) is 4.79 Å². The number of aromatic hydroxyl groups is 1. The second-order valence-electron chi connectivity index (χ2n) is 11.0. The van der Waals surface area contributed by atoms with Gasteiger partial charge in [-0.3, -0.25) is 38.6 Å². The molecule has 5 atom stereocenters. The summed E-state index contributed by atoms with van der Waals surface area (Å²) < 4.78 is 0. The van der Waals surface area contributed by atoms with Gasteiger partial charge in [0.1, 0.15) is 29.9 Å². The van der Waals surface area contributed by atoms with E-state index in [1.165, 1.54) is 24.3 Å². The maximum atomic E-state index is 12.9. The van der Waals surface area contributed by atoms with Gasteiger partial charge in [-0.15, -0.1) is 0 Å².